The van der Waals surface area contributed by atoms with E-state index in [0.717, 1.165) is 4.88 Å². The lowest BCUT2D eigenvalue weighted by molar-refractivity contribution is 0.0190. The van der Waals surface area contributed by atoms with Crippen molar-refractivity contribution in [3.8, 4) is 0 Å². The maximum Gasteiger partial charge on any atom is 0.131 e. The second kappa shape index (κ2) is 3.72. The molecule has 0 saturated heterocycles. The lowest BCUT2D eigenvalue weighted by Gasteiger charge is -2.30. The summed E-state index contributed by atoms with van der Waals surface area (Å²) in [5.41, 5.74) is -0.725. The Kier molecular flexibility index (Phi) is 2.54. The van der Waals surface area contributed by atoms with Gasteiger partial charge < -0.3 is 14.9 Å². The highest BCUT2D eigenvalue weighted by atomic mass is 32.1. The average molecular weight is 224 g/mol. The van der Waals surface area contributed by atoms with E-state index in [9.17, 15) is 10.2 Å². The van der Waals surface area contributed by atoms with Gasteiger partial charge in [-0.05, 0) is 17.5 Å². The molecule has 1 aromatic rings. The van der Waals surface area contributed by atoms with Crippen LogP contribution in [0.5, 0.6) is 0 Å². The number of thiophene rings is 1. The third-order valence-electron chi connectivity index (χ3n) is 2.44. The molecular weight excluding hydrogens is 212 g/mol. The molecule has 0 saturated carbocycles. The van der Waals surface area contributed by atoms with Crippen LogP contribution in [0.15, 0.2) is 41.2 Å². The largest absolute Gasteiger partial charge is 0.512 e. The maximum atomic E-state index is 9.53. The van der Waals surface area contributed by atoms with Gasteiger partial charge in [-0.3, -0.25) is 0 Å². The molecule has 0 bridgehead atoms. The molecule has 0 aromatic carbocycles. The normalized spacial score (nSPS) is 25.9. The number of hydrogen-bond donors (Lipinski definition) is 2. The van der Waals surface area contributed by atoms with Crippen molar-refractivity contribution in [2.45, 2.75) is 12.0 Å². The fraction of sp³-hybridized carbons (Fsp3) is 0.273. The molecule has 1 aliphatic rings. The molecule has 4 heteroatoms. The SMILES string of the molecule is COC1(c2cccs2)C=C(O)C=C(O)C1. The minimum absolute atomic E-state index is 0.0361. The third-order valence-corrected chi connectivity index (χ3v) is 3.47. The van der Waals surface area contributed by atoms with E-state index in [4.69, 9.17) is 4.74 Å². The number of aliphatic hydroxyl groups is 2. The summed E-state index contributed by atoms with van der Waals surface area (Å²) in [4.78, 5) is 0.969. The Morgan fingerprint density at radius 3 is 2.80 bits per heavy atom. The zero-order chi connectivity index (χ0) is 10.9. The molecule has 15 heavy (non-hydrogen) atoms. The highest BCUT2D eigenvalue weighted by molar-refractivity contribution is 7.10. The lowest BCUT2D eigenvalue weighted by atomic mass is 9.91. The summed E-state index contributed by atoms with van der Waals surface area (Å²) < 4.78 is 5.44. The van der Waals surface area contributed by atoms with Gasteiger partial charge in [-0.1, -0.05) is 6.07 Å². The zero-order valence-corrected chi connectivity index (χ0v) is 9.12. The molecule has 0 amide bonds. The molecule has 0 fully saturated rings. The number of hydrogen-bond acceptors (Lipinski definition) is 4. The molecule has 80 valence electrons. The van der Waals surface area contributed by atoms with Crippen molar-refractivity contribution >= 4 is 11.3 Å². The van der Waals surface area contributed by atoms with Gasteiger partial charge in [0.15, 0.2) is 0 Å². The molecule has 1 aliphatic carbocycles. The van der Waals surface area contributed by atoms with Gasteiger partial charge in [-0.25, -0.2) is 0 Å². The summed E-state index contributed by atoms with van der Waals surface area (Å²) >= 11 is 1.54. The van der Waals surface area contributed by atoms with Crippen LogP contribution in [-0.2, 0) is 10.3 Å². The monoisotopic (exact) mass is 224 g/mol. The summed E-state index contributed by atoms with van der Waals surface area (Å²) in [5.74, 6) is 0.166. The molecule has 1 aromatic heterocycles. The van der Waals surface area contributed by atoms with Gasteiger partial charge in [0.2, 0.25) is 0 Å². The zero-order valence-electron chi connectivity index (χ0n) is 8.30. The summed E-state index contributed by atoms with van der Waals surface area (Å²) in [6.07, 6.45) is 3.32. The molecule has 0 spiro atoms. The second-order valence-electron chi connectivity index (χ2n) is 3.45. The Morgan fingerprint density at radius 1 is 1.47 bits per heavy atom. The molecule has 0 radical (unpaired) electrons. The summed E-state index contributed by atoms with van der Waals surface area (Å²) in [5, 5.41) is 21.0. The highest BCUT2D eigenvalue weighted by Crippen LogP contribution is 2.39. The third kappa shape index (κ3) is 1.78. The van der Waals surface area contributed by atoms with E-state index >= 15 is 0 Å². The quantitative estimate of drug-likeness (QED) is 0.812. The Balaban J connectivity index is 2.44. The van der Waals surface area contributed by atoms with Crippen molar-refractivity contribution in [1.29, 1.82) is 0 Å². The molecule has 1 atom stereocenters. The highest BCUT2D eigenvalue weighted by Gasteiger charge is 2.35. The first-order valence-corrected chi connectivity index (χ1v) is 5.45. The van der Waals surface area contributed by atoms with E-state index in [0.29, 0.717) is 6.42 Å². The van der Waals surface area contributed by atoms with Crippen LogP contribution in [-0.4, -0.2) is 17.3 Å². The Hall–Kier alpha value is -1.26. The van der Waals surface area contributed by atoms with E-state index in [1.807, 2.05) is 17.5 Å². The van der Waals surface area contributed by atoms with Gasteiger partial charge in [0.05, 0.1) is 5.76 Å². The predicted octanol–water partition coefficient (Wildman–Crippen LogP) is 2.88. The Labute approximate surface area is 91.9 Å². The number of allylic oxidation sites excluding steroid dienone is 1. The van der Waals surface area contributed by atoms with E-state index in [2.05, 4.69) is 0 Å². The molecular formula is C11H12O3S. The number of methoxy groups -OCH3 is 1. The van der Waals surface area contributed by atoms with E-state index < -0.39 is 5.60 Å². The van der Waals surface area contributed by atoms with E-state index in [1.54, 1.807) is 13.2 Å². The van der Waals surface area contributed by atoms with Gasteiger partial charge in [0, 0.05) is 24.5 Å². The average Bonchev–Trinajstić information content (AvgIpc) is 2.69. The molecule has 1 heterocycles. The van der Waals surface area contributed by atoms with Gasteiger partial charge in [-0.2, -0.15) is 0 Å². The summed E-state index contributed by atoms with van der Waals surface area (Å²) in [6, 6.07) is 3.84. The lowest BCUT2D eigenvalue weighted by Crippen LogP contribution is -2.28. The predicted molar refractivity (Wildman–Crippen MR) is 59.0 cm³/mol. The van der Waals surface area contributed by atoms with Crippen LogP contribution in [0, 0.1) is 0 Å². The molecule has 3 nitrogen and oxygen atoms in total. The van der Waals surface area contributed by atoms with Gasteiger partial charge in [-0.15, -0.1) is 11.3 Å². The first-order valence-electron chi connectivity index (χ1n) is 4.57. The molecule has 2 N–H and O–H groups in total. The van der Waals surface area contributed by atoms with Crippen molar-refractivity contribution in [3.63, 3.8) is 0 Å². The maximum absolute atomic E-state index is 9.53. The Bertz CT molecular complexity index is 405. The first-order chi connectivity index (χ1) is 7.16. The summed E-state index contributed by atoms with van der Waals surface area (Å²) in [7, 11) is 1.57. The van der Waals surface area contributed by atoms with Crippen molar-refractivity contribution in [1.82, 2.24) is 0 Å². The fourth-order valence-corrected chi connectivity index (χ4v) is 2.61. The second-order valence-corrected chi connectivity index (χ2v) is 4.40. The minimum atomic E-state index is -0.725. The Morgan fingerprint density at radius 2 is 2.27 bits per heavy atom. The van der Waals surface area contributed by atoms with Crippen LogP contribution in [0.2, 0.25) is 0 Å². The standard InChI is InChI=1S/C11H12O3S/c1-14-11(10-3-2-4-15-10)6-8(12)5-9(13)7-11/h2-6,12-13H,7H2,1H3. The summed E-state index contributed by atoms with van der Waals surface area (Å²) in [6.45, 7) is 0. The van der Waals surface area contributed by atoms with Crippen molar-refractivity contribution in [2.75, 3.05) is 7.11 Å². The first kappa shape index (κ1) is 10.3. The fourth-order valence-electron chi connectivity index (χ4n) is 1.73. The number of rotatable bonds is 2. The van der Waals surface area contributed by atoms with E-state index in [-0.39, 0.29) is 11.5 Å². The number of ether oxygens (including phenoxy) is 1. The van der Waals surface area contributed by atoms with E-state index in [1.165, 1.54) is 17.4 Å². The minimum Gasteiger partial charge on any atom is -0.512 e. The van der Waals surface area contributed by atoms with Crippen LogP contribution in [0.3, 0.4) is 0 Å². The van der Waals surface area contributed by atoms with Crippen LogP contribution in [0.4, 0.5) is 0 Å². The van der Waals surface area contributed by atoms with Crippen LogP contribution in [0.1, 0.15) is 11.3 Å². The van der Waals surface area contributed by atoms with Crippen molar-refractivity contribution < 1.29 is 14.9 Å². The van der Waals surface area contributed by atoms with Crippen LogP contribution >= 0.6 is 11.3 Å². The molecule has 1 unspecified atom stereocenters. The van der Waals surface area contributed by atoms with Crippen molar-refractivity contribution in [3.05, 3.63) is 46.1 Å². The topological polar surface area (TPSA) is 49.7 Å². The van der Waals surface area contributed by atoms with Crippen LogP contribution < -0.4 is 0 Å². The van der Waals surface area contributed by atoms with Crippen molar-refractivity contribution in [2.24, 2.45) is 0 Å². The number of aliphatic hydroxyl groups excluding tert-OH is 2. The van der Waals surface area contributed by atoms with Gasteiger partial charge >= 0.3 is 0 Å². The van der Waals surface area contributed by atoms with Crippen LogP contribution in [0.25, 0.3) is 0 Å². The van der Waals surface area contributed by atoms with Gasteiger partial charge in [0.25, 0.3) is 0 Å². The molecule has 0 aliphatic heterocycles. The molecule has 2 rings (SSSR count). The van der Waals surface area contributed by atoms with Gasteiger partial charge in [0.1, 0.15) is 11.4 Å². The smallest absolute Gasteiger partial charge is 0.131 e.